The first kappa shape index (κ1) is 15.8. The van der Waals surface area contributed by atoms with Crippen LogP contribution >= 0.6 is 15.9 Å². The summed E-state index contributed by atoms with van der Waals surface area (Å²) in [6, 6.07) is 5.40. The Balaban J connectivity index is 2.11. The van der Waals surface area contributed by atoms with Gasteiger partial charge in [-0.05, 0) is 51.0 Å². The van der Waals surface area contributed by atoms with Crippen LogP contribution in [0.25, 0.3) is 0 Å². The third kappa shape index (κ3) is 4.74. The number of benzene rings is 1. The zero-order valence-electron chi connectivity index (χ0n) is 12.3. The van der Waals surface area contributed by atoms with Gasteiger partial charge in [-0.15, -0.1) is 0 Å². The average Bonchev–Trinajstić information content (AvgIpc) is 2.43. The van der Waals surface area contributed by atoms with Gasteiger partial charge in [-0.25, -0.2) is 4.79 Å². The zero-order valence-corrected chi connectivity index (χ0v) is 13.9. The molecule has 114 valence electrons. The van der Waals surface area contributed by atoms with Gasteiger partial charge >= 0.3 is 6.09 Å². The summed E-state index contributed by atoms with van der Waals surface area (Å²) in [5, 5.41) is 5.62. The zero-order chi connectivity index (χ0) is 15.6. The van der Waals surface area contributed by atoms with Crippen molar-refractivity contribution in [3.63, 3.8) is 0 Å². The topological polar surface area (TPSA) is 67.4 Å². The molecule has 1 atom stereocenters. The van der Waals surface area contributed by atoms with Crippen LogP contribution in [0.1, 0.15) is 32.8 Å². The maximum atomic E-state index is 11.9. The van der Waals surface area contributed by atoms with Crippen molar-refractivity contribution in [3.8, 4) is 0 Å². The molecule has 0 aromatic heterocycles. The molecular formula is C15H19BrN2O3. The molecule has 5 nitrogen and oxygen atoms in total. The van der Waals surface area contributed by atoms with Crippen molar-refractivity contribution in [1.82, 2.24) is 5.32 Å². The first-order valence-electron chi connectivity index (χ1n) is 6.81. The fraction of sp³-hybridized carbons (Fsp3) is 0.467. The van der Waals surface area contributed by atoms with Gasteiger partial charge in [0.15, 0.2) is 0 Å². The lowest BCUT2D eigenvalue weighted by Gasteiger charge is -2.22. The normalized spacial score (nSPS) is 18.3. The molecule has 1 aliphatic heterocycles. The van der Waals surface area contributed by atoms with Gasteiger partial charge in [0.25, 0.3) is 0 Å². The van der Waals surface area contributed by atoms with Crippen LogP contribution in [-0.2, 0) is 16.0 Å². The van der Waals surface area contributed by atoms with E-state index in [2.05, 4.69) is 26.6 Å². The quantitative estimate of drug-likeness (QED) is 0.813. The highest BCUT2D eigenvalue weighted by molar-refractivity contribution is 9.10. The van der Waals surface area contributed by atoms with E-state index < -0.39 is 11.7 Å². The van der Waals surface area contributed by atoms with E-state index in [1.807, 2.05) is 18.2 Å². The molecule has 0 bridgehead atoms. The number of fused-ring (bicyclic) bond motifs is 1. The Morgan fingerprint density at radius 1 is 1.38 bits per heavy atom. The third-order valence-electron chi connectivity index (χ3n) is 2.96. The van der Waals surface area contributed by atoms with Crippen LogP contribution in [0.15, 0.2) is 22.7 Å². The van der Waals surface area contributed by atoms with Crippen LogP contribution in [0.2, 0.25) is 0 Å². The summed E-state index contributed by atoms with van der Waals surface area (Å²) in [5.74, 6) is -0.114. The Bertz CT molecular complexity index is 567. The van der Waals surface area contributed by atoms with E-state index in [-0.39, 0.29) is 18.4 Å². The molecule has 21 heavy (non-hydrogen) atoms. The lowest BCUT2D eigenvalue weighted by Crippen LogP contribution is -2.41. The van der Waals surface area contributed by atoms with Gasteiger partial charge in [0.2, 0.25) is 5.91 Å². The van der Waals surface area contributed by atoms with Crippen molar-refractivity contribution < 1.29 is 14.3 Å². The van der Waals surface area contributed by atoms with Gasteiger partial charge in [0.1, 0.15) is 5.60 Å². The molecule has 2 N–H and O–H groups in total. The van der Waals surface area contributed by atoms with Crippen LogP contribution in [0.5, 0.6) is 0 Å². The van der Waals surface area contributed by atoms with Crippen molar-refractivity contribution in [1.29, 1.82) is 0 Å². The molecule has 2 rings (SSSR count). The van der Waals surface area contributed by atoms with Crippen molar-refractivity contribution in [3.05, 3.63) is 28.2 Å². The maximum Gasteiger partial charge on any atom is 0.407 e. The highest BCUT2D eigenvalue weighted by Gasteiger charge is 2.25. The minimum Gasteiger partial charge on any atom is -0.444 e. The monoisotopic (exact) mass is 354 g/mol. The lowest BCUT2D eigenvalue weighted by atomic mass is 10.0. The molecule has 1 unspecified atom stereocenters. The number of hydrogen-bond acceptors (Lipinski definition) is 3. The molecule has 6 heteroatoms. The second-order valence-electron chi connectivity index (χ2n) is 6.10. The summed E-state index contributed by atoms with van der Waals surface area (Å²) in [7, 11) is 0. The molecule has 0 saturated heterocycles. The fourth-order valence-corrected chi connectivity index (χ4v) is 2.60. The second-order valence-corrected chi connectivity index (χ2v) is 7.02. The predicted octanol–water partition coefficient (Wildman–Crippen LogP) is 3.23. The van der Waals surface area contributed by atoms with Crippen molar-refractivity contribution in [2.45, 2.75) is 45.3 Å². The van der Waals surface area contributed by atoms with Gasteiger partial charge in [-0.3, -0.25) is 4.79 Å². The highest BCUT2D eigenvalue weighted by atomic mass is 79.9. The van der Waals surface area contributed by atoms with Crippen LogP contribution in [0, 0.1) is 0 Å². The molecule has 0 aliphatic carbocycles. The number of rotatable bonds is 1. The summed E-state index contributed by atoms with van der Waals surface area (Å²) >= 11 is 3.42. The Morgan fingerprint density at radius 3 is 2.76 bits per heavy atom. The van der Waals surface area contributed by atoms with Gasteiger partial charge in [-0.2, -0.15) is 0 Å². The third-order valence-corrected chi connectivity index (χ3v) is 3.45. The van der Waals surface area contributed by atoms with Crippen molar-refractivity contribution in [2.24, 2.45) is 0 Å². The van der Waals surface area contributed by atoms with Crippen molar-refractivity contribution >= 4 is 33.6 Å². The van der Waals surface area contributed by atoms with Crippen LogP contribution in [-0.4, -0.2) is 23.6 Å². The first-order chi connectivity index (χ1) is 9.73. The van der Waals surface area contributed by atoms with Gasteiger partial charge in [0, 0.05) is 22.6 Å². The molecular weight excluding hydrogens is 336 g/mol. The average molecular weight is 355 g/mol. The molecule has 0 saturated carbocycles. The first-order valence-corrected chi connectivity index (χ1v) is 7.60. The number of hydrogen-bond donors (Lipinski definition) is 2. The van der Waals surface area contributed by atoms with E-state index in [0.717, 1.165) is 15.7 Å². The van der Waals surface area contributed by atoms with Gasteiger partial charge in [-0.1, -0.05) is 15.9 Å². The van der Waals surface area contributed by atoms with Crippen molar-refractivity contribution in [2.75, 3.05) is 5.32 Å². The van der Waals surface area contributed by atoms with E-state index >= 15 is 0 Å². The van der Waals surface area contributed by atoms with E-state index in [1.165, 1.54) is 0 Å². The summed E-state index contributed by atoms with van der Waals surface area (Å²) in [6.07, 6.45) is 0.303. The molecule has 0 fully saturated rings. The number of amides is 2. The Hall–Kier alpha value is -1.56. The number of halogens is 1. The van der Waals surface area contributed by atoms with E-state index in [0.29, 0.717) is 6.42 Å². The summed E-state index contributed by atoms with van der Waals surface area (Å²) in [6.45, 7) is 5.41. The second kappa shape index (κ2) is 6.05. The maximum absolute atomic E-state index is 11.9. The molecule has 2 amide bonds. The van der Waals surface area contributed by atoms with Crippen LogP contribution in [0.4, 0.5) is 10.5 Å². The number of carbonyl (C=O) groups excluding carboxylic acids is 2. The van der Waals surface area contributed by atoms with Crippen LogP contribution < -0.4 is 10.6 Å². The standard InChI is InChI=1S/C15H19BrN2O3/c1-15(2,3)21-14(20)17-11-7-9-6-10(16)4-5-12(9)18-13(19)8-11/h4-6,11H,7-8H2,1-3H3,(H,17,20)(H,18,19). The largest absolute Gasteiger partial charge is 0.444 e. The highest BCUT2D eigenvalue weighted by Crippen LogP contribution is 2.25. The summed E-state index contributed by atoms with van der Waals surface area (Å²) < 4.78 is 6.18. The lowest BCUT2D eigenvalue weighted by molar-refractivity contribution is -0.116. The molecule has 0 spiro atoms. The van der Waals surface area contributed by atoms with Crippen LogP contribution in [0.3, 0.4) is 0 Å². The Kier molecular flexibility index (Phi) is 4.56. The van der Waals surface area contributed by atoms with E-state index in [9.17, 15) is 9.59 Å². The smallest absolute Gasteiger partial charge is 0.407 e. The minimum absolute atomic E-state index is 0.114. The minimum atomic E-state index is -0.558. The number of carbonyl (C=O) groups is 2. The fourth-order valence-electron chi connectivity index (χ4n) is 2.19. The molecule has 1 heterocycles. The van der Waals surface area contributed by atoms with Gasteiger partial charge in [0.05, 0.1) is 0 Å². The number of anilines is 1. The number of nitrogens with one attached hydrogen (secondary N) is 2. The van der Waals surface area contributed by atoms with E-state index in [1.54, 1.807) is 20.8 Å². The Morgan fingerprint density at radius 2 is 2.10 bits per heavy atom. The molecule has 0 radical (unpaired) electrons. The number of ether oxygens (including phenoxy) is 1. The Labute approximate surface area is 132 Å². The summed E-state index contributed by atoms with van der Waals surface area (Å²) in [5.41, 5.74) is 1.21. The van der Waals surface area contributed by atoms with Gasteiger partial charge < -0.3 is 15.4 Å². The molecule has 1 aromatic rings. The number of alkyl carbamates (subject to hydrolysis) is 1. The SMILES string of the molecule is CC(C)(C)OC(=O)NC1CC(=O)Nc2ccc(Br)cc2C1. The molecule has 1 aliphatic rings. The predicted molar refractivity (Wildman–Crippen MR) is 84.3 cm³/mol. The summed E-state index contributed by atoms with van der Waals surface area (Å²) in [4.78, 5) is 23.7. The van der Waals surface area contributed by atoms with E-state index in [4.69, 9.17) is 4.74 Å². The molecule has 1 aromatic carbocycles.